The summed E-state index contributed by atoms with van der Waals surface area (Å²) in [6, 6.07) is 3.78. The smallest absolute Gasteiger partial charge is 0.189 e. The first kappa shape index (κ1) is 13.8. The van der Waals surface area contributed by atoms with Crippen molar-refractivity contribution in [1.29, 1.82) is 0 Å². The highest BCUT2D eigenvalue weighted by atomic mass is 16.4. The van der Waals surface area contributed by atoms with Crippen LogP contribution in [0.2, 0.25) is 0 Å². The molecule has 1 aliphatic rings. The number of hydrogen-bond donors (Lipinski definition) is 3. The molecule has 1 saturated heterocycles. The van der Waals surface area contributed by atoms with E-state index in [9.17, 15) is 5.11 Å². The van der Waals surface area contributed by atoms with Crippen molar-refractivity contribution in [3.63, 3.8) is 0 Å². The number of aromatic nitrogens is 1. The van der Waals surface area contributed by atoms with Gasteiger partial charge in [-0.3, -0.25) is 9.88 Å². The van der Waals surface area contributed by atoms with Crippen LogP contribution in [0.1, 0.15) is 24.1 Å². The highest BCUT2D eigenvalue weighted by Crippen LogP contribution is 2.18. The minimum atomic E-state index is 0.0336. The number of amidine groups is 1. The maximum absolute atomic E-state index is 9.24. The van der Waals surface area contributed by atoms with Gasteiger partial charge < -0.3 is 16.0 Å². The first-order valence-electron chi connectivity index (χ1n) is 6.49. The summed E-state index contributed by atoms with van der Waals surface area (Å²) in [4.78, 5) is 6.44. The number of hydrogen-bond acceptors (Lipinski definition) is 5. The van der Waals surface area contributed by atoms with Crippen molar-refractivity contribution < 1.29 is 10.3 Å². The Morgan fingerprint density at radius 3 is 3.16 bits per heavy atom. The summed E-state index contributed by atoms with van der Waals surface area (Å²) in [5, 5.41) is 21.0. The minimum absolute atomic E-state index is 0.0336. The quantitative estimate of drug-likeness (QED) is 0.316. The largest absolute Gasteiger partial charge is 0.409 e. The van der Waals surface area contributed by atoms with Gasteiger partial charge in [-0.05, 0) is 36.9 Å². The van der Waals surface area contributed by atoms with E-state index in [0.29, 0.717) is 18.2 Å². The van der Waals surface area contributed by atoms with Crippen LogP contribution in [0.25, 0.3) is 0 Å². The Bertz CT molecular complexity index is 450. The molecule has 0 aromatic carbocycles. The molecule has 2 heterocycles. The van der Waals surface area contributed by atoms with Crippen molar-refractivity contribution in [3.05, 3.63) is 29.6 Å². The van der Waals surface area contributed by atoms with E-state index in [1.54, 1.807) is 6.20 Å². The van der Waals surface area contributed by atoms with Gasteiger partial charge in [0.25, 0.3) is 0 Å². The van der Waals surface area contributed by atoms with Gasteiger partial charge in [0.1, 0.15) is 5.69 Å². The van der Waals surface area contributed by atoms with Crippen molar-refractivity contribution in [2.45, 2.75) is 19.4 Å². The molecule has 0 spiro atoms. The highest BCUT2D eigenvalue weighted by Gasteiger charge is 2.20. The lowest BCUT2D eigenvalue weighted by Gasteiger charge is -2.32. The summed E-state index contributed by atoms with van der Waals surface area (Å²) < 4.78 is 0. The molecule has 6 heteroatoms. The van der Waals surface area contributed by atoms with Gasteiger partial charge in [-0.25, -0.2) is 0 Å². The molecule has 104 valence electrons. The van der Waals surface area contributed by atoms with Crippen LogP contribution in [-0.4, -0.2) is 45.7 Å². The molecular weight excluding hydrogens is 244 g/mol. The van der Waals surface area contributed by atoms with Gasteiger partial charge in [0, 0.05) is 25.9 Å². The summed E-state index contributed by atoms with van der Waals surface area (Å²) in [5.41, 5.74) is 7.10. The number of pyridine rings is 1. The van der Waals surface area contributed by atoms with Crippen molar-refractivity contribution in [3.8, 4) is 0 Å². The molecule has 4 N–H and O–H groups in total. The summed E-state index contributed by atoms with van der Waals surface area (Å²) in [6.45, 7) is 2.81. The lowest BCUT2D eigenvalue weighted by Crippen LogP contribution is -2.36. The number of aliphatic hydroxyl groups excluding tert-OH is 1. The maximum atomic E-state index is 9.24. The fraction of sp³-hybridized carbons (Fsp3) is 0.538. The van der Waals surface area contributed by atoms with Crippen LogP contribution in [0.5, 0.6) is 0 Å². The van der Waals surface area contributed by atoms with E-state index in [-0.39, 0.29) is 12.4 Å². The van der Waals surface area contributed by atoms with Crippen LogP contribution < -0.4 is 5.73 Å². The van der Waals surface area contributed by atoms with E-state index >= 15 is 0 Å². The van der Waals surface area contributed by atoms with Crippen LogP contribution in [0.15, 0.2) is 23.5 Å². The number of nitrogens with zero attached hydrogens (tertiary/aromatic N) is 3. The van der Waals surface area contributed by atoms with Gasteiger partial charge in [-0.1, -0.05) is 11.2 Å². The fourth-order valence-corrected chi connectivity index (χ4v) is 2.53. The van der Waals surface area contributed by atoms with E-state index < -0.39 is 0 Å². The SMILES string of the molecule is NC(=NO)c1ncccc1CN1CCCC(CO)C1. The Balaban J connectivity index is 2.10. The molecular formula is C13H20N4O2. The molecule has 1 unspecified atom stereocenters. The number of oxime groups is 1. The van der Waals surface area contributed by atoms with Gasteiger partial charge in [-0.15, -0.1) is 0 Å². The second-order valence-electron chi connectivity index (χ2n) is 4.92. The Labute approximate surface area is 112 Å². The summed E-state index contributed by atoms with van der Waals surface area (Å²) in [7, 11) is 0. The Morgan fingerprint density at radius 2 is 2.42 bits per heavy atom. The second-order valence-corrected chi connectivity index (χ2v) is 4.92. The maximum Gasteiger partial charge on any atom is 0.189 e. The standard InChI is InChI=1S/C13H20N4O2/c14-13(16-19)12-11(4-1-5-15-12)8-17-6-2-3-10(7-17)9-18/h1,4-5,10,18-19H,2-3,6-9H2,(H2,14,16). The normalized spacial score (nSPS) is 21.5. The molecule has 1 aromatic rings. The zero-order chi connectivity index (χ0) is 13.7. The molecule has 1 aliphatic heterocycles. The van der Waals surface area contributed by atoms with Crippen molar-refractivity contribution in [2.75, 3.05) is 19.7 Å². The van der Waals surface area contributed by atoms with Gasteiger partial charge in [0.15, 0.2) is 5.84 Å². The molecule has 19 heavy (non-hydrogen) atoms. The minimum Gasteiger partial charge on any atom is -0.409 e. The topological polar surface area (TPSA) is 95.0 Å². The lowest BCUT2D eigenvalue weighted by atomic mass is 9.98. The third-order valence-electron chi connectivity index (χ3n) is 3.50. The van der Waals surface area contributed by atoms with E-state index in [2.05, 4.69) is 15.0 Å². The number of aliphatic hydroxyl groups is 1. The molecule has 1 fully saturated rings. The van der Waals surface area contributed by atoms with E-state index in [0.717, 1.165) is 31.5 Å². The first-order valence-corrected chi connectivity index (χ1v) is 6.49. The third kappa shape index (κ3) is 3.42. The van der Waals surface area contributed by atoms with Gasteiger partial charge in [0.05, 0.1) is 0 Å². The van der Waals surface area contributed by atoms with Crippen molar-refractivity contribution in [2.24, 2.45) is 16.8 Å². The molecule has 0 amide bonds. The van der Waals surface area contributed by atoms with E-state index in [1.807, 2.05) is 12.1 Å². The monoisotopic (exact) mass is 264 g/mol. The van der Waals surface area contributed by atoms with Gasteiger partial charge in [-0.2, -0.15) is 0 Å². The van der Waals surface area contributed by atoms with Gasteiger partial charge >= 0.3 is 0 Å². The summed E-state index contributed by atoms with van der Waals surface area (Å²) >= 11 is 0. The second kappa shape index (κ2) is 6.49. The summed E-state index contributed by atoms with van der Waals surface area (Å²) in [5.74, 6) is 0.379. The molecule has 0 radical (unpaired) electrons. The number of piperidine rings is 1. The highest BCUT2D eigenvalue weighted by molar-refractivity contribution is 5.96. The Morgan fingerprint density at radius 1 is 1.58 bits per heavy atom. The van der Waals surface area contributed by atoms with Crippen LogP contribution >= 0.6 is 0 Å². The summed E-state index contributed by atoms with van der Waals surface area (Å²) in [6.07, 6.45) is 3.79. The van der Waals surface area contributed by atoms with Crippen LogP contribution in [0.3, 0.4) is 0 Å². The lowest BCUT2D eigenvalue weighted by molar-refractivity contribution is 0.116. The molecule has 2 rings (SSSR count). The molecule has 0 saturated carbocycles. The molecule has 1 atom stereocenters. The van der Waals surface area contributed by atoms with E-state index in [4.69, 9.17) is 10.9 Å². The van der Waals surface area contributed by atoms with Crippen LogP contribution in [0, 0.1) is 5.92 Å². The molecule has 1 aromatic heterocycles. The number of nitrogens with two attached hydrogens (primary N) is 1. The zero-order valence-corrected chi connectivity index (χ0v) is 10.9. The first-order chi connectivity index (χ1) is 9.24. The van der Waals surface area contributed by atoms with Crippen molar-refractivity contribution >= 4 is 5.84 Å². The van der Waals surface area contributed by atoms with Crippen LogP contribution in [-0.2, 0) is 6.54 Å². The fourth-order valence-electron chi connectivity index (χ4n) is 2.53. The Hall–Kier alpha value is -1.66. The molecule has 0 bridgehead atoms. The molecule has 0 aliphatic carbocycles. The average molecular weight is 264 g/mol. The number of rotatable bonds is 4. The van der Waals surface area contributed by atoms with Crippen LogP contribution in [0.4, 0.5) is 0 Å². The van der Waals surface area contributed by atoms with Gasteiger partial charge in [0.2, 0.25) is 0 Å². The average Bonchev–Trinajstić information content (AvgIpc) is 2.47. The predicted octanol–water partition coefficient (Wildman–Crippen LogP) is 0.380. The predicted molar refractivity (Wildman–Crippen MR) is 71.8 cm³/mol. The zero-order valence-electron chi connectivity index (χ0n) is 10.9. The number of likely N-dealkylation sites (tertiary alicyclic amines) is 1. The third-order valence-corrected chi connectivity index (χ3v) is 3.50. The van der Waals surface area contributed by atoms with E-state index in [1.165, 1.54) is 0 Å². The Kier molecular flexibility index (Phi) is 4.70. The van der Waals surface area contributed by atoms with Crippen molar-refractivity contribution in [1.82, 2.24) is 9.88 Å². The molecule has 6 nitrogen and oxygen atoms in total.